The molecule has 9 N–H and O–H groups in total. The number of benzene rings is 1. The first-order chi connectivity index (χ1) is 16.4. The first kappa shape index (κ1) is 29.7. The summed E-state index contributed by atoms with van der Waals surface area (Å²) in [5.41, 5.74) is 11.8. The molecular formula is C22H33N5O7S. The van der Waals surface area contributed by atoms with Crippen LogP contribution in [0.3, 0.4) is 0 Å². The number of nitrogens with two attached hydrogens (primary N) is 2. The SMILES string of the molecule is CSCCC(NC(=O)C(CCC(N)=O)NC(=O)C(C)NC(=O)C(N)Cc1ccc(O)cc1)C(=O)O. The molecule has 0 saturated carbocycles. The lowest BCUT2D eigenvalue weighted by Gasteiger charge is -2.23. The number of amides is 4. The van der Waals surface area contributed by atoms with Crippen LogP contribution in [0.25, 0.3) is 0 Å². The lowest BCUT2D eigenvalue weighted by molar-refractivity contribution is -0.142. The fraction of sp³-hybridized carbons (Fsp3) is 0.500. The Kier molecular flexibility index (Phi) is 12.6. The van der Waals surface area contributed by atoms with E-state index in [4.69, 9.17) is 11.5 Å². The second-order valence-electron chi connectivity index (χ2n) is 7.95. The number of aromatic hydroxyl groups is 1. The van der Waals surface area contributed by atoms with E-state index in [1.807, 2.05) is 0 Å². The molecule has 0 aliphatic heterocycles. The van der Waals surface area contributed by atoms with E-state index in [-0.39, 0.29) is 31.4 Å². The number of carboxylic acid groups (broad SMARTS) is 1. The van der Waals surface area contributed by atoms with Gasteiger partial charge in [-0.1, -0.05) is 12.1 Å². The standard InChI is InChI=1S/C22H33N5O7S/c1-12(25-20(31)15(23)11-13-3-5-14(28)6-4-13)19(30)26-16(7-8-18(24)29)21(32)27-17(22(33)34)9-10-35-2/h3-6,12,15-17,28H,7-11,23H2,1-2H3,(H2,24,29)(H,25,31)(H,26,30)(H,27,32)(H,33,34). The van der Waals surface area contributed by atoms with Crippen LogP contribution in [0.4, 0.5) is 0 Å². The molecule has 0 spiro atoms. The molecule has 0 bridgehead atoms. The number of hydrogen-bond acceptors (Lipinski definition) is 8. The van der Waals surface area contributed by atoms with Gasteiger partial charge in [-0.3, -0.25) is 19.2 Å². The van der Waals surface area contributed by atoms with Crippen LogP contribution in [-0.2, 0) is 30.4 Å². The van der Waals surface area contributed by atoms with Gasteiger partial charge < -0.3 is 37.6 Å². The van der Waals surface area contributed by atoms with Gasteiger partial charge in [0, 0.05) is 6.42 Å². The molecular weight excluding hydrogens is 478 g/mol. The van der Waals surface area contributed by atoms with Crippen molar-refractivity contribution < 1.29 is 34.2 Å². The number of carbonyl (C=O) groups excluding carboxylic acids is 4. The number of carboxylic acids is 1. The predicted molar refractivity (Wildman–Crippen MR) is 130 cm³/mol. The highest BCUT2D eigenvalue weighted by Crippen LogP contribution is 2.11. The maximum atomic E-state index is 12.7. The van der Waals surface area contributed by atoms with E-state index in [0.717, 1.165) is 0 Å². The van der Waals surface area contributed by atoms with Gasteiger partial charge >= 0.3 is 5.97 Å². The molecule has 0 radical (unpaired) electrons. The van der Waals surface area contributed by atoms with Gasteiger partial charge in [0.05, 0.1) is 6.04 Å². The minimum atomic E-state index is -1.24. The Bertz CT molecular complexity index is 897. The van der Waals surface area contributed by atoms with Crippen molar-refractivity contribution in [3.05, 3.63) is 29.8 Å². The average molecular weight is 512 g/mol. The first-order valence-electron chi connectivity index (χ1n) is 10.9. The minimum Gasteiger partial charge on any atom is -0.508 e. The van der Waals surface area contributed by atoms with Crippen molar-refractivity contribution in [2.45, 2.75) is 56.8 Å². The topological polar surface area (TPSA) is 214 Å². The van der Waals surface area contributed by atoms with E-state index in [9.17, 15) is 34.2 Å². The summed E-state index contributed by atoms with van der Waals surface area (Å²) >= 11 is 1.41. The van der Waals surface area contributed by atoms with E-state index in [2.05, 4.69) is 16.0 Å². The lowest BCUT2D eigenvalue weighted by atomic mass is 10.1. The van der Waals surface area contributed by atoms with Crippen LogP contribution < -0.4 is 27.4 Å². The average Bonchev–Trinajstić information content (AvgIpc) is 2.79. The van der Waals surface area contributed by atoms with E-state index in [1.165, 1.54) is 30.8 Å². The second kappa shape index (κ2) is 14.8. The fourth-order valence-corrected chi connectivity index (χ4v) is 3.45. The summed E-state index contributed by atoms with van der Waals surface area (Å²) in [7, 11) is 0. The van der Waals surface area contributed by atoms with E-state index >= 15 is 0 Å². The number of hydrogen-bond donors (Lipinski definition) is 7. The Morgan fingerprint density at radius 2 is 1.54 bits per heavy atom. The number of nitrogens with one attached hydrogen (secondary N) is 3. The molecule has 194 valence electrons. The number of phenols is 1. The highest BCUT2D eigenvalue weighted by Gasteiger charge is 2.29. The van der Waals surface area contributed by atoms with E-state index in [0.29, 0.717) is 11.3 Å². The number of phenolic OH excluding ortho intramolecular Hbond substituents is 1. The van der Waals surface area contributed by atoms with Gasteiger partial charge in [0.1, 0.15) is 23.9 Å². The maximum Gasteiger partial charge on any atom is 0.326 e. The molecule has 4 atom stereocenters. The number of thioether (sulfide) groups is 1. The largest absolute Gasteiger partial charge is 0.508 e. The van der Waals surface area contributed by atoms with Crippen LogP contribution in [0.5, 0.6) is 5.75 Å². The third kappa shape index (κ3) is 11.1. The van der Waals surface area contributed by atoms with Crippen molar-refractivity contribution >= 4 is 41.4 Å². The Morgan fingerprint density at radius 3 is 2.09 bits per heavy atom. The number of carbonyl (C=O) groups is 5. The molecule has 0 fully saturated rings. The molecule has 0 aliphatic carbocycles. The van der Waals surface area contributed by atoms with Crippen molar-refractivity contribution in [1.29, 1.82) is 0 Å². The third-order valence-corrected chi connectivity index (χ3v) is 5.66. The van der Waals surface area contributed by atoms with Gasteiger partial charge in [-0.05, 0) is 55.9 Å². The normalized spacial score (nSPS) is 14.1. The summed E-state index contributed by atoms with van der Waals surface area (Å²) < 4.78 is 0. The summed E-state index contributed by atoms with van der Waals surface area (Å²) in [5.74, 6) is -3.48. The maximum absolute atomic E-state index is 12.7. The van der Waals surface area contributed by atoms with E-state index in [1.54, 1.807) is 18.4 Å². The van der Waals surface area contributed by atoms with Crippen LogP contribution in [-0.4, -0.2) is 76.0 Å². The monoisotopic (exact) mass is 511 g/mol. The second-order valence-corrected chi connectivity index (χ2v) is 8.94. The smallest absolute Gasteiger partial charge is 0.326 e. The molecule has 0 saturated heterocycles. The first-order valence-corrected chi connectivity index (χ1v) is 12.3. The van der Waals surface area contributed by atoms with Crippen LogP contribution >= 0.6 is 11.8 Å². The van der Waals surface area contributed by atoms with E-state index < -0.39 is 53.8 Å². The fourth-order valence-electron chi connectivity index (χ4n) is 2.98. The van der Waals surface area contributed by atoms with Crippen LogP contribution in [0.1, 0.15) is 31.7 Å². The van der Waals surface area contributed by atoms with Crippen LogP contribution in [0, 0.1) is 0 Å². The third-order valence-electron chi connectivity index (χ3n) is 5.02. The molecule has 1 aromatic carbocycles. The Labute approximate surface area is 207 Å². The summed E-state index contributed by atoms with van der Waals surface area (Å²) in [6, 6.07) is 1.69. The molecule has 1 aromatic rings. The van der Waals surface area contributed by atoms with Crippen molar-refractivity contribution in [3.63, 3.8) is 0 Å². The zero-order valence-corrected chi connectivity index (χ0v) is 20.5. The highest BCUT2D eigenvalue weighted by atomic mass is 32.2. The molecule has 12 nitrogen and oxygen atoms in total. The molecule has 0 aromatic heterocycles. The highest BCUT2D eigenvalue weighted by molar-refractivity contribution is 7.98. The Balaban J connectivity index is 2.77. The van der Waals surface area contributed by atoms with Gasteiger partial charge in [-0.25, -0.2) is 4.79 Å². The van der Waals surface area contributed by atoms with Crippen LogP contribution in [0.15, 0.2) is 24.3 Å². The Hall–Kier alpha value is -3.32. The summed E-state index contributed by atoms with van der Waals surface area (Å²) in [6.07, 6.45) is 1.76. The number of aliphatic carboxylic acids is 1. The summed E-state index contributed by atoms with van der Waals surface area (Å²) in [6.45, 7) is 1.39. The molecule has 1 rings (SSSR count). The van der Waals surface area contributed by atoms with Gasteiger partial charge in [-0.15, -0.1) is 0 Å². The lowest BCUT2D eigenvalue weighted by Crippen LogP contribution is -2.56. The summed E-state index contributed by atoms with van der Waals surface area (Å²) in [5, 5.41) is 25.9. The van der Waals surface area contributed by atoms with Gasteiger partial charge in [-0.2, -0.15) is 11.8 Å². The molecule has 0 heterocycles. The van der Waals surface area contributed by atoms with Gasteiger partial charge in [0.2, 0.25) is 23.6 Å². The Morgan fingerprint density at radius 1 is 0.943 bits per heavy atom. The van der Waals surface area contributed by atoms with Crippen molar-refractivity contribution in [1.82, 2.24) is 16.0 Å². The predicted octanol–water partition coefficient (Wildman–Crippen LogP) is -1.16. The molecule has 13 heteroatoms. The summed E-state index contributed by atoms with van der Waals surface area (Å²) in [4.78, 5) is 60.4. The van der Waals surface area contributed by atoms with Crippen molar-refractivity contribution in [2.24, 2.45) is 11.5 Å². The minimum absolute atomic E-state index is 0.0749. The zero-order valence-electron chi connectivity index (χ0n) is 19.7. The zero-order chi connectivity index (χ0) is 26.5. The quantitative estimate of drug-likeness (QED) is 0.151. The molecule has 35 heavy (non-hydrogen) atoms. The number of rotatable bonds is 15. The van der Waals surface area contributed by atoms with Crippen molar-refractivity contribution in [2.75, 3.05) is 12.0 Å². The molecule has 0 aliphatic rings. The molecule has 4 unspecified atom stereocenters. The van der Waals surface area contributed by atoms with Gasteiger partial charge in [0.15, 0.2) is 0 Å². The number of primary amides is 1. The molecule has 4 amide bonds. The van der Waals surface area contributed by atoms with Gasteiger partial charge in [0.25, 0.3) is 0 Å². The van der Waals surface area contributed by atoms with Crippen molar-refractivity contribution in [3.8, 4) is 5.75 Å². The van der Waals surface area contributed by atoms with Crippen LogP contribution in [0.2, 0.25) is 0 Å².